The second kappa shape index (κ2) is 4.77. The van der Waals surface area contributed by atoms with Crippen molar-refractivity contribution in [2.75, 3.05) is 5.32 Å². The van der Waals surface area contributed by atoms with Crippen LogP contribution in [0, 0.1) is 18.3 Å². The van der Waals surface area contributed by atoms with Crippen LogP contribution in [0.1, 0.15) is 33.8 Å². The maximum atomic E-state index is 13.3. The molecule has 4 nitrogen and oxygen atoms in total. The van der Waals surface area contributed by atoms with E-state index in [0.717, 1.165) is 14.4 Å². The second-order valence-corrected chi connectivity index (χ2v) is 6.22. The number of aryl methyl sites for hydroxylation is 1. The predicted molar refractivity (Wildman–Crippen MR) is 72.1 cm³/mol. The van der Waals surface area contributed by atoms with E-state index in [1.165, 1.54) is 17.5 Å². The fourth-order valence-corrected chi connectivity index (χ4v) is 3.41. The molecule has 8 heteroatoms. The van der Waals surface area contributed by atoms with E-state index in [0.29, 0.717) is 0 Å². The van der Waals surface area contributed by atoms with Crippen LogP contribution in [0.2, 0.25) is 0 Å². The lowest BCUT2D eigenvalue weighted by Gasteiger charge is -2.33. The number of thiophene rings is 1. The molecule has 0 amide bonds. The number of hydrogen-bond donors (Lipinski definition) is 1. The molecule has 0 aliphatic carbocycles. The van der Waals surface area contributed by atoms with Crippen LogP contribution >= 0.6 is 11.3 Å². The molecule has 1 aliphatic rings. The van der Waals surface area contributed by atoms with E-state index in [1.807, 2.05) is 25.1 Å². The number of fused-ring (bicyclic) bond motifs is 1. The first-order valence-electron chi connectivity index (χ1n) is 6.27. The highest BCUT2D eigenvalue weighted by Crippen LogP contribution is 2.45. The van der Waals surface area contributed by atoms with Gasteiger partial charge in [-0.25, -0.2) is 4.68 Å². The van der Waals surface area contributed by atoms with Crippen LogP contribution in [0.25, 0.3) is 0 Å². The Balaban J connectivity index is 2.05. The molecule has 3 heterocycles. The number of nitrogens with one attached hydrogen (secondary N) is 1. The summed E-state index contributed by atoms with van der Waals surface area (Å²) in [4.78, 5) is 1.87. The van der Waals surface area contributed by atoms with Gasteiger partial charge in [0.05, 0.1) is 12.2 Å². The molecule has 0 aromatic carbocycles. The first kappa shape index (κ1) is 13.9. The van der Waals surface area contributed by atoms with Crippen molar-refractivity contribution < 1.29 is 13.2 Å². The SMILES string of the molecule is Cc1ccc([C@H]2C[C@@H](C(F)(F)F)n3ncc(C#N)c3N2)s1. The number of nitrogens with zero attached hydrogens (tertiary/aromatic N) is 3. The van der Waals surface area contributed by atoms with Gasteiger partial charge in [-0.1, -0.05) is 0 Å². The zero-order chi connectivity index (χ0) is 15.2. The standard InChI is InChI=1S/C13H11F3N4S/c1-7-2-3-10(21-7)9-4-11(13(14,15)16)20-12(19-9)8(5-17)6-18-20/h2-3,6,9,11,19H,4H2,1H3/t9-,11+/m1/s1. The zero-order valence-corrected chi connectivity index (χ0v) is 11.8. The Hall–Kier alpha value is -2.01. The molecule has 2 aromatic rings. The van der Waals surface area contributed by atoms with Crippen LogP contribution in [-0.4, -0.2) is 16.0 Å². The summed E-state index contributed by atoms with van der Waals surface area (Å²) in [5.41, 5.74) is 0.127. The fraction of sp³-hybridized carbons (Fsp3) is 0.385. The minimum atomic E-state index is -4.40. The molecule has 110 valence electrons. The summed E-state index contributed by atoms with van der Waals surface area (Å²) < 4.78 is 40.6. The van der Waals surface area contributed by atoms with Crippen molar-refractivity contribution in [1.29, 1.82) is 5.26 Å². The molecule has 0 radical (unpaired) electrons. The first-order valence-corrected chi connectivity index (χ1v) is 7.09. The van der Waals surface area contributed by atoms with Crippen LogP contribution in [0.15, 0.2) is 18.3 Å². The van der Waals surface area contributed by atoms with Crippen LogP contribution in [0.4, 0.5) is 19.0 Å². The number of alkyl halides is 3. The monoisotopic (exact) mass is 312 g/mol. The second-order valence-electron chi connectivity index (χ2n) is 4.90. The molecule has 0 spiro atoms. The molecule has 21 heavy (non-hydrogen) atoms. The largest absolute Gasteiger partial charge is 0.410 e. The van der Waals surface area contributed by atoms with Gasteiger partial charge in [0.1, 0.15) is 17.5 Å². The van der Waals surface area contributed by atoms with Gasteiger partial charge in [-0.05, 0) is 19.1 Å². The summed E-state index contributed by atoms with van der Waals surface area (Å²) in [7, 11) is 0. The summed E-state index contributed by atoms with van der Waals surface area (Å²) >= 11 is 1.46. The topological polar surface area (TPSA) is 53.6 Å². The highest BCUT2D eigenvalue weighted by molar-refractivity contribution is 7.12. The van der Waals surface area contributed by atoms with Gasteiger partial charge in [0.2, 0.25) is 0 Å². The Morgan fingerprint density at radius 2 is 2.24 bits per heavy atom. The Morgan fingerprint density at radius 3 is 2.81 bits per heavy atom. The van der Waals surface area contributed by atoms with Gasteiger partial charge in [0, 0.05) is 16.2 Å². The van der Waals surface area contributed by atoms with E-state index in [9.17, 15) is 13.2 Å². The third kappa shape index (κ3) is 2.38. The minimum Gasteiger partial charge on any atom is -0.361 e. The maximum Gasteiger partial charge on any atom is 0.410 e. The minimum absolute atomic E-state index is 0.127. The van der Waals surface area contributed by atoms with Crippen LogP contribution in [0.5, 0.6) is 0 Å². The van der Waals surface area contributed by atoms with Gasteiger partial charge in [0.25, 0.3) is 0 Å². The Bertz CT molecular complexity index is 710. The van der Waals surface area contributed by atoms with Crippen molar-refractivity contribution in [3.05, 3.63) is 33.6 Å². The Labute approximate surface area is 122 Å². The highest BCUT2D eigenvalue weighted by Gasteiger charge is 2.47. The molecule has 0 fully saturated rings. The molecule has 3 rings (SSSR count). The maximum absolute atomic E-state index is 13.3. The number of nitriles is 1. The summed E-state index contributed by atoms with van der Waals surface area (Å²) in [5.74, 6) is 0.141. The molecular weight excluding hydrogens is 301 g/mol. The first-order chi connectivity index (χ1) is 9.90. The van der Waals surface area contributed by atoms with Crippen molar-refractivity contribution in [3.63, 3.8) is 0 Å². The van der Waals surface area contributed by atoms with Crippen molar-refractivity contribution in [2.45, 2.75) is 31.6 Å². The van der Waals surface area contributed by atoms with Gasteiger partial charge < -0.3 is 5.32 Å². The van der Waals surface area contributed by atoms with Crippen molar-refractivity contribution in [3.8, 4) is 6.07 Å². The third-order valence-corrected chi connectivity index (χ3v) is 4.58. The highest BCUT2D eigenvalue weighted by atomic mass is 32.1. The summed E-state index contributed by atoms with van der Waals surface area (Å²) in [5, 5.41) is 15.8. The number of halogens is 3. The average Bonchev–Trinajstić information content (AvgIpc) is 3.02. The van der Waals surface area contributed by atoms with Crippen molar-refractivity contribution in [2.24, 2.45) is 0 Å². The fourth-order valence-electron chi connectivity index (χ4n) is 2.47. The van der Waals surface area contributed by atoms with Gasteiger partial charge in [-0.2, -0.15) is 23.5 Å². The van der Waals surface area contributed by atoms with Crippen molar-refractivity contribution >= 4 is 17.2 Å². The average molecular weight is 312 g/mol. The molecule has 0 saturated heterocycles. The summed E-state index contributed by atoms with van der Waals surface area (Å²) in [6.07, 6.45) is -3.37. The van der Waals surface area contributed by atoms with Crippen LogP contribution in [0.3, 0.4) is 0 Å². The zero-order valence-electron chi connectivity index (χ0n) is 11.0. The van der Waals surface area contributed by atoms with Gasteiger partial charge >= 0.3 is 6.18 Å². The molecule has 0 saturated carbocycles. The quantitative estimate of drug-likeness (QED) is 0.871. The molecule has 0 bridgehead atoms. The lowest BCUT2D eigenvalue weighted by atomic mass is 10.0. The third-order valence-electron chi connectivity index (χ3n) is 3.46. The Kier molecular flexibility index (Phi) is 3.17. The molecule has 0 unspecified atom stereocenters. The molecule has 2 aromatic heterocycles. The van der Waals surface area contributed by atoms with E-state index < -0.39 is 18.3 Å². The lowest BCUT2D eigenvalue weighted by Crippen LogP contribution is -2.35. The number of aromatic nitrogens is 2. The van der Waals surface area contributed by atoms with Crippen molar-refractivity contribution in [1.82, 2.24) is 9.78 Å². The van der Waals surface area contributed by atoms with Gasteiger partial charge in [-0.3, -0.25) is 0 Å². The molecule has 1 N–H and O–H groups in total. The van der Waals surface area contributed by atoms with E-state index in [1.54, 1.807) is 0 Å². The summed E-state index contributed by atoms with van der Waals surface area (Å²) in [6.45, 7) is 1.91. The number of rotatable bonds is 1. The predicted octanol–water partition coefficient (Wildman–Crippen LogP) is 3.79. The lowest BCUT2D eigenvalue weighted by molar-refractivity contribution is -0.173. The van der Waals surface area contributed by atoms with E-state index >= 15 is 0 Å². The smallest absolute Gasteiger partial charge is 0.361 e. The van der Waals surface area contributed by atoms with E-state index in [2.05, 4.69) is 10.4 Å². The van der Waals surface area contributed by atoms with E-state index in [-0.39, 0.29) is 17.8 Å². The van der Waals surface area contributed by atoms with Crippen LogP contribution < -0.4 is 5.32 Å². The number of hydrogen-bond acceptors (Lipinski definition) is 4. The normalized spacial score (nSPS) is 21.5. The van der Waals surface area contributed by atoms with E-state index in [4.69, 9.17) is 5.26 Å². The summed E-state index contributed by atoms with van der Waals surface area (Å²) in [6, 6.07) is 3.39. The molecule has 1 aliphatic heterocycles. The Morgan fingerprint density at radius 1 is 1.48 bits per heavy atom. The molecular formula is C13H11F3N4S. The van der Waals surface area contributed by atoms with Crippen LogP contribution in [-0.2, 0) is 0 Å². The number of anilines is 1. The van der Waals surface area contributed by atoms with Gasteiger partial charge in [-0.15, -0.1) is 11.3 Å². The molecule has 2 atom stereocenters. The van der Waals surface area contributed by atoms with Gasteiger partial charge in [0.15, 0.2) is 6.04 Å².